The summed E-state index contributed by atoms with van der Waals surface area (Å²) < 4.78 is 18.5. The zero-order valence-corrected chi connectivity index (χ0v) is 12.9. The number of oxazole rings is 1. The van der Waals surface area contributed by atoms with Gasteiger partial charge >= 0.3 is 0 Å². The number of carbonyl (C=O) groups excluding carboxylic acids is 1. The van der Waals surface area contributed by atoms with Crippen LogP contribution in [0.1, 0.15) is 16.1 Å². The largest absolute Gasteiger partial charge is 0.443 e. The first-order chi connectivity index (χ1) is 11.0. The first-order valence-electron chi connectivity index (χ1n) is 6.81. The van der Waals surface area contributed by atoms with Crippen LogP contribution in [0.15, 0.2) is 53.3 Å². The van der Waals surface area contributed by atoms with Crippen LogP contribution >= 0.6 is 11.6 Å². The van der Waals surface area contributed by atoms with Gasteiger partial charge in [0, 0.05) is 16.3 Å². The molecule has 6 heteroatoms. The first-order valence-corrected chi connectivity index (χ1v) is 7.19. The van der Waals surface area contributed by atoms with Crippen LogP contribution in [0.4, 0.5) is 10.1 Å². The van der Waals surface area contributed by atoms with E-state index < -0.39 is 5.91 Å². The van der Waals surface area contributed by atoms with Crippen LogP contribution in [-0.2, 0) is 0 Å². The smallest absolute Gasteiger partial charge is 0.278 e. The number of nitrogens with zero attached hydrogens (tertiary/aromatic N) is 1. The summed E-state index contributed by atoms with van der Waals surface area (Å²) in [6.07, 6.45) is 1.20. The summed E-state index contributed by atoms with van der Waals surface area (Å²) in [6, 6.07) is 11.1. The SMILES string of the molecule is Cc1cc(F)ccc1NC(=O)c1ncoc1-c1cccc(Cl)c1. The van der Waals surface area contributed by atoms with Crippen LogP contribution in [0.25, 0.3) is 11.3 Å². The van der Waals surface area contributed by atoms with Crippen molar-refractivity contribution in [1.82, 2.24) is 4.98 Å². The van der Waals surface area contributed by atoms with Crippen molar-refractivity contribution in [2.24, 2.45) is 0 Å². The van der Waals surface area contributed by atoms with Crippen molar-refractivity contribution in [3.63, 3.8) is 0 Å². The highest BCUT2D eigenvalue weighted by molar-refractivity contribution is 6.30. The number of benzene rings is 2. The van der Waals surface area contributed by atoms with Crippen molar-refractivity contribution in [3.05, 3.63) is 71.0 Å². The Morgan fingerprint density at radius 3 is 2.83 bits per heavy atom. The van der Waals surface area contributed by atoms with Crippen molar-refractivity contribution in [1.29, 1.82) is 0 Å². The Labute approximate surface area is 136 Å². The van der Waals surface area contributed by atoms with Crippen LogP contribution in [0.3, 0.4) is 0 Å². The van der Waals surface area contributed by atoms with E-state index in [0.29, 0.717) is 27.6 Å². The van der Waals surface area contributed by atoms with Gasteiger partial charge in [0.15, 0.2) is 17.8 Å². The highest BCUT2D eigenvalue weighted by Crippen LogP contribution is 2.26. The van der Waals surface area contributed by atoms with E-state index in [-0.39, 0.29) is 11.5 Å². The van der Waals surface area contributed by atoms with Gasteiger partial charge in [-0.05, 0) is 42.8 Å². The number of anilines is 1. The molecular formula is C17H12ClFN2O2. The normalized spacial score (nSPS) is 10.6. The molecule has 0 aliphatic carbocycles. The fourth-order valence-electron chi connectivity index (χ4n) is 2.19. The van der Waals surface area contributed by atoms with Gasteiger partial charge < -0.3 is 9.73 Å². The number of carbonyl (C=O) groups is 1. The number of hydrogen-bond acceptors (Lipinski definition) is 3. The van der Waals surface area contributed by atoms with Gasteiger partial charge in [-0.3, -0.25) is 4.79 Å². The molecule has 116 valence electrons. The van der Waals surface area contributed by atoms with Crippen molar-refractivity contribution >= 4 is 23.2 Å². The maximum Gasteiger partial charge on any atom is 0.278 e. The predicted octanol–water partition coefficient (Wildman–Crippen LogP) is 4.69. The van der Waals surface area contributed by atoms with Crippen LogP contribution in [-0.4, -0.2) is 10.9 Å². The summed E-state index contributed by atoms with van der Waals surface area (Å²) in [7, 11) is 0. The number of aromatic nitrogens is 1. The highest BCUT2D eigenvalue weighted by Gasteiger charge is 2.19. The molecule has 0 spiro atoms. The highest BCUT2D eigenvalue weighted by atomic mass is 35.5. The lowest BCUT2D eigenvalue weighted by molar-refractivity contribution is 0.102. The molecule has 2 aromatic carbocycles. The summed E-state index contributed by atoms with van der Waals surface area (Å²) in [6.45, 7) is 1.71. The van der Waals surface area contributed by atoms with Gasteiger partial charge in [0.2, 0.25) is 0 Å². The van der Waals surface area contributed by atoms with E-state index in [1.54, 1.807) is 31.2 Å². The second-order valence-corrected chi connectivity index (χ2v) is 5.39. The molecule has 0 saturated heterocycles. The van der Waals surface area contributed by atoms with Gasteiger partial charge in [-0.15, -0.1) is 0 Å². The average molecular weight is 331 g/mol. The molecule has 0 bridgehead atoms. The van der Waals surface area contributed by atoms with Gasteiger partial charge in [0.05, 0.1) is 0 Å². The van der Waals surface area contributed by atoms with Gasteiger partial charge in [-0.2, -0.15) is 0 Å². The van der Waals surface area contributed by atoms with Gasteiger partial charge in [0.1, 0.15) is 5.82 Å². The van der Waals surface area contributed by atoms with E-state index in [9.17, 15) is 9.18 Å². The Morgan fingerprint density at radius 1 is 1.26 bits per heavy atom. The van der Waals surface area contributed by atoms with Crippen LogP contribution in [0.5, 0.6) is 0 Å². The molecule has 0 fully saturated rings. The quantitative estimate of drug-likeness (QED) is 0.757. The molecule has 1 N–H and O–H groups in total. The van der Waals surface area contributed by atoms with E-state index in [1.807, 2.05) is 0 Å². The minimum absolute atomic E-state index is 0.135. The zero-order chi connectivity index (χ0) is 16.4. The number of aryl methyl sites for hydroxylation is 1. The number of halogens is 2. The molecule has 1 aromatic heterocycles. The molecule has 4 nitrogen and oxygen atoms in total. The minimum Gasteiger partial charge on any atom is -0.443 e. The van der Waals surface area contributed by atoms with E-state index in [2.05, 4.69) is 10.3 Å². The summed E-state index contributed by atoms with van der Waals surface area (Å²) >= 11 is 5.96. The number of amides is 1. The summed E-state index contributed by atoms with van der Waals surface area (Å²) in [4.78, 5) is 16.4. The maximum absolute atomic E-state index is 13.1. The van der Waals surface area contributed by atoms with Crippen molar-refractivity contribution in [2.75, 3.05) is 5.32 Å². The third-order valence-corrected chi connectivity index (χ3v) is 3.54. The Balaban J connectivity index is 1.91. The van der Waals surface area contributed by atoms with Crippen LogP contribution < -0.4 is 5.32 Å². The topological polar surface area (TPSA) is 55.1 Å². The van der Waals surface area contributed by atoms with Crippen molar-refractivity contribution in [2.45, 2.75) is 6.92 Å². The summed E-state index contributed by atoms with van der Waals surface area (Å²) in [5.41, 5.74) is 1.91. The maximum atomic E-state index is 13.1. The molecule has 3 aromatic rings. The lowest BCUT2D eigenvalue weighted by Crippen LogP contribution is -2.14. The number of hydrogen-bond donors (Lipinski definition) is 1. The molecule has 23 heavy (non-hydrogen) atoms. The Bertz CT molecular complexity index is 877. The molecule has 1 amide bonds. The number of rotatable bonds is 3. The lowest BCUT2D eigenvalue weighted by Gasteiger charge is -2.08. The third kappa shape index (κ3) is 3.24. The minimum atomic E-state index is -0.441. The molecular weight excluding hydrogens is 319 g/mol. The van der Waals surface area contributed by atoms with E-state index >= 15 is 0 Å². The van der Waals surface area contributed by atoms with E-state index in [4.69, 9.17) is 16.0 Å². The number of nitrogens with one attached hydrogen (secondary N) is 1. The van der Waals surface area contributed by atoms with Gasteiger partial charge in [0.25, 0.3) is 5.91 Å². The molecule has 0 atom stereocenters. The molecule has 0 radical (unpaired) electrons. The second kappa shape index (κ2) is 6.22. The molecule has 0 aliphatic rings. The molecule has 3 rings (SSSR count). The van der Waals surface area contributed by atoms with Crippen LogP contribution in [0.2, 0.25) is 5.02 Å². The second-order valence-electron chi connectivity index (χ2n) is 4.95. The standard InChI is InChI=1S/C17H12ClFN2O2/c1-10-7-13(19)5-6-14(10)21-17(22)15-16(23-9-20-15)11-3-2-4-12(18)8-11/h2-9H,1H3,(H,21,22). The Morgan fingerprint density at radius 2 is 2.09 bits per heavy atom. The predicted molar refractivity (Wildman–Crippen MR) is 86.0 cm³/mol. The Hall–Kier alpha value is -2.66. The summed E-state index contributed by atoms with van der Waals surface area (Å²) in [5, 5.41) is 3.23. The molecule has 0 aliphatic heterocycles. The van der Waals surface area contributed by atoms with Gasteiger partial charge in [-0.1, -0.05) is 23.7 Å². The third-order valence-electron chi connectivity index (χ3n) is 3.31. The van der Waals surface area contributed by atoms with E-state index in [0.717, 1.165) is 0 Å². The van der Waals surface area contributed by atoms with Gasteiger partial charge in [-0.25, -0.2) is 9.37 Å². The fourth-order valence-corrected chi connectivity index (χ4v) is 2.38. The summed E-state index contributed by atoms with van der Waals surface area (Å²) in [5.74, 6) is -0.477. The fraction of sp³-hybridized carbons (Fsp3) is 0.0588. The van der Waals surface area contributed by atoms with Crippen molar-refractivity contribution in [3.8, 4) is 11.3 Å². The molecule has 1 heterocycles. The van der Waals surface area contributed by atoms with E-state index in [1.165, 1.54) is 24.6 Å². The zero-order valence-electron chi connectivity index (χ0n) is 12.1. The Kier molecular flexibility index (Phi) is 4.12. The monoisotopic (exact) mass is 330 g/mol. The average Bonchev–Trinajstić information content (AvgIpc) is 2.99. The molecule has 0 unspecified atom stereocenters. The first kappa shape index (κ1) is 15.2. The van der Waals surface area contributed by atoms with Crippen LogP contribution in [0, 0.1) is 12.7 Å². The van der Waals surface area contributed by atoms with Crippen molar-refractivity contribution < 1.29 is 13.6 Å². The lowest BCUT2D eigenvalue weighted by atomic mass is 10.1. The molecule has 0 saturated carbocycles.